The Morgan fingerprint density at radius 2 is 1.56 bits per heavy atom. The molecule has 6 nitrogen and oxygen atoms in total. The Kier molecular flexibility index (Phi) is 5.56. The summed E-state index contributed by atoms with van der Waals surface area (Å²) in [6.45, 7) is 0.0279. The minimum atomic E-state index is -0.332. The quantitative estimate of drug-likeness (QED) is 0.382. The highest BCUT2D eigenvalue weighted by atomic mass is 16.5. The summed E-state index contributed by atoms with van der Waals surface area (Å²) >= 11 is 0. The van der Waals surface area contributed by atoms with Crippen LogP contribution in [0.5, 0.6) is 5.75 Å². The van der Waals surface area contributed by atoms with Gasteiger partial charge >= 0.3 is 0 Å². The molecular formula is C30H27N3O3. The largest absolute Gasteiger partial charge is 0.497 e. The summed E-state index contributed by atoms with van der Waals surface area (Å²) in [7, 11) is 1.64. The predicted molar refractivity (Wildman–Crippen MR) is 139 cm³/mol. The van der Waals surface area contributed by atoms with Gasteiger partial charge in [0.25, 0.3) is 5.91 Å². The van der Waals surface area contributed by atoms with Crippen LogP contribution in [-0.4, -0.2) is 41.0 Å². The molecule has 3 aromatic carbocycles. The van der Waals surface area contributed by atoms with Crippen LogP contribution in [0.3, 0.4) is 0 Å². The third-order valence-electron chi connectivity index (χ3n) is 6.99. The van der Waals surface area contributed by atoms with Gasteiger partial charge < -0.3 is 14.2 Å². The molecule has 1 saturated carbocycles. The standard InChI is InChI=1S/C30H27N3O3/c1-36-24-17-13-21(14-18-24)29-27-12-7-19-31(27)25-10-5-6-11-26(25)33(29)28(34)20-32(23-15-16-23)30(35)22-8-3-2-4-9-22/h2-14,17-19,23,29H,15-16,20H2,1H3. The Morgan fingerprint density at radius 3 is 2.25 bits per heavy atom. The van der Waals surface area contributed by atoms with Crippen molar-refractivity contribution in [2.24, 2.45) is 0 Å². The van der Waals surface area contributed by atoms with Crippen LogP contribution in [0.25, 0.3) is 5.69 Å². The summed E-state index contributed by atoms with van der Waals surface area (Å²) in [6.07, 6.45) is 3.88. The van der Waals surface area contributed by atoms with Crippen molar-refractivity contribution in [3.8, 4) is 11.4 Å². The van der Waals surface area contributed by atoms with Gasteiger partial charge in [-0.3, -0.25) is 14.5 Å². The number of nitrogens with zero attached hydrogens (tertiary/aromatic N) is 3. The first kappa shape index (κ1) is 22.2. The molecule has 1 aliphatic heterocycles. The predicted octanol–water partition coefficient (Wildman–Crippen LogP) is 5.23. The van der Waals surface area contributed by atoms with Gasteiger partial charge in [-0.25, -0.2) is 0 Å². The molecule has 0 saturated heterocycles. The molecule has 2 aliphatic rings. The molecular weight excluding hydrogens is 450 g/mol. The molecule has 0 spiro atoms. The Morgan fingerprint density at radius 1 is 0.861 bits per heavy atom. The van der Waals surface area contributed by atoms with Crippen LogP contribution in [0.1, 0.15) is 40.5 Å². The van der Waals surface area contributed by atoms with E-state index in [2.05, 4.69) is 10.6 Å². The molecule has 1 atom stereocenters. The monoisotopic (exact) mass is 477 g/mol. The van der Waals surface area contributed by atoms with Crippen LogP contribution >= 0.6 is 0 Å². The average molecular weight is 478 g/mol. The SMILES string of the molecule is COc1ccc(C2c3cccn3-c3ccccc3N2C(=O)CN(C(=O)c2ccccc2)C2CC2)cc1. The molecule has 6 rings (SSSR count). The summed E-state index contributed by atoms with van der Waals surface area (Å²) in [5, 5.41) is 0. The fourth-order valence-electron chi connectivity index (χ4n) is 5.09. The lowest BCUT2D eigenvalue weighted by atomic mass is 9.97. The second-order valence-electron chi connectivity index (χ2n) is 9.26. The highest BCUT2D eigenvalue weighted by molar-refractivity contribution is 6.02. The molecule has 1 fully saturated rings. The van der Waals surface area contributed by atoms with Gasteiger partial charge in [-0.2, -0.15) is 0 Å². The number of carbonyl (C=O) groups excluding carboxylic acids is 2. The Labute approximate surface area is 210 Å². The second kappa shape index (κ2) is 9.04. The third-order valence-corrected chi connectivity index (χ3v) is 6.99. The number of anilines is 1. The maximum absolute atomic E-state index is 14.2. The number of methoxy groups -OCH3 is 1. The van der Waals surface area contributed by atoms with E-state index in [0.717, 1.165) is 41.2 Å². The first-order valence-corrected chi connectivity index (χ1v) is 12.2. The van der Waals surface area contributed by atoms with Crippen LogP contribution in [0.2, 0.25) is 0 Å². The van der Waals surface area contributed by atoms with Gasteiger partial charge in [0.2, 0.25) is 5.91 Å². The summed E-state index contributed by atoms with van der Waals surface area (Å²) in [4.78, 5) is 31.2. The number of ether oxygens (including phenoxy) is 1. The van der Waals surface area contributed by atoms with Crippen molar-refractivity contribution < 1.29 is 14.3 Å². The van der Waals surface area contributed by atoms with Crippen LogP contribution in [0.15, 0.2) is 97.2 Å². The maximum atomic E-state index is 14.2. The van der Waals surface area contributed by atoms with Crippen molar-refractivity contribution >= 4 is 17.5 Å². The van der Waals surface area contributed by atoms with Crippen LogP contribution in [0, 0.1) is 0 Å². The van der Waals surface area contributed by atoms with E-state index in [9.17, 15) is 9.59 Å². The highest BCUT2D eigenvalue weighted by Gasteiger charge is 2.40. The molecule has 0 N–H and O–H groups in total. The van der Waals surface area contributed by atoms with Crippen molar-refractivity contribution in [3.05, 3.63) is 114 Å². The van der Waals surface area contributed by atoms with E-state index in [4.69, 9.17) is 4.74 Å². The van der Waals surface area contributed by atoms with Crippen LogP contribution in [-0.2, 0) is 4.79 Å². The summed E-state index contributed by atoms with van der Waals surface area (Å²) < 4.78 is 7.51. The normalized spacial score (nSPS) is 16.1. The number of hydrogen-bond acceptors (Lipinski definition) is 3. The molecule has 1 aromatic heterocycles. The average Bonchev–Trinajstić information content (AvgIpc) is 3.66. The molecule has 0 radical (unpaired) electrons. The van der Waals surface area contributed by atoms with Crippen molar-refractivity contribution in [2.45, 2.75) is 24.9 Å². The minimum absolute atomic E-state index is 0.0279. The molecule has 0 bridgehead atoms. The fraction of sp³-hybridized carbons (Fsp3) is 0.200. The molecule has 2 heterocycles. The minimum Gasteiger partial charge on any atom is -0.497 e. The Hall–Kier alpha value is -4.32. The van der Waals surface area contributed by atoms with Crippen molar-refractivity contribution in [1.82, 2.24) is 9.47 Å². The summed E-state index contributed by atoms with van der Waals surface area (Å²) in [6, 6.07) is 28.8. The lowest BCUT2D eigenvalue weighted by Crippen LogP contribution is -2.47. The number of carbonyl (C=O) groups is 2. The zero-order valence-corrected chi connectivity index (χ0v) is 20.1. The molecule has 1 unspecified atom stereocenters. The van der Waals surface area contributed by atoms with E-state index in [0.29, 0.717) is 5.56 Å². The molecule has 2 amide bonds. The number of para-hydroxylation sites is 2. The van der Waals surface area contributed by atoms with Gasteiger partial charge in [0, 0.05) is 17.8 Å². The van der Waals surface area contributed by atoms with E-state index >= 15 is 0 Å². The third kappa shape index (κ3) is 3.85. The van der Waals surface area contributed by atoms with E-state index < -0.39 is 0 Å². The van der Waals surface area contributed by atoms with Gasteiger partial charge in [-0.05, 0) is 66.9 Å². The fourth-order valence-corrected chi connectivity index (χ4v) is 5.09. The summed E-state index contributed by atoms with van der Waals surface area (Å²) in [5.41, 5.74) is 4.36. The van der Waals surface area contributed by atoms with Crippen molar-refractivity contribution in [1.29, 1.82) is 0 Å². The number of rotatable bonds is 6. The zero-order chi connectivity index (χ0) is 24.6. The van der Waals surface area contributed by atoms with Crippen molar-refractivity contribution in [2.75, 3.05) is 18.6 Å². The van der Waals surface area contributed by atoms with Gasteiger partial charge in [0.15, 0.2) is 0 Å². The number of fused-ring (bicyclic) bond motifs is 3. The number of benzene rings is 3. The van der Waals surface area contributed by atoms with Gasteiger partial charge in [-0.15, -0.1) is 0 Å². The van der Waals surface area contributed by atoms with Gasteiger partial charge in [0.05, 0.1) is 24.2 Å². The van der Waals surface area contributed by atoms with Crippen LogP contribution < -0.4 is 9.64 Å². The van der Waals surface area contributed by atoms with Crippen LogP contribution in [0.4, 0.5) is 5.69 Å². The molecule has 1 aliphatic carbocycles. The first-order chi connectivity index (χ1) is 17.7. The first-order valence-electron chi connectivity index (χ1n) is 12.2. The number of amides is 2. The van der Waals surface area contributed by atoms with Gasteiger partial charge in [-0.1, -0.05) is 42.5 Å². The zero-order valence-electron chi connectivity index (χ0n) is 20.1. The molecule has 6 heteroatoms. The lowest BCUT2D eigenvalue weighted by molar-refractivity contribution is -0.119. The van der Waals surface area contributed by atoms with E-state index in [1.165, 1.54) is 0 Å². The van der Waals surface area contributed by atoms with E-state index in [1.54, 1.807) is 12.0 Å². The topological polar surface area (TPSA) is 54.8 Å². The molecule has 36 heavy (non-hydrogen) atoms. The van der Waals surface area contributed by atoms with E-state index in [1.807, 2.05) is 96.0 Å². The summed E-state index contributed by atoms with van der Waals surface area (Å²) in [5.74, 6) is 0.560. The smallest absolute Gasteiger partial charge is 0.254 e. The number of hydrogen-bond donors (Lipinski definition) is 0. The van der Waals surface area contributed by atoms with Gasteiger partial charge in [0.1, 0.15) is 18.3 Å². The molecule has 180 valence electrons. The van der Waals surface area contributed by atoms with Crippen molar-refractivity contribution in [3.63, 3.8) is 0 Å². The highest BCUT2D eigenvalue weighted by Crippen LogP contribution is 2.43. The Bertz CT molecular complexity index is 1410. The maximum Gasteiger partial charge on any atom is 0.254 e. The van der Waals surface area contributed by atoms with E-state index in [-0.39, 0.29) is 30.4 Å². The number of aromatic nitrogens is 1. The molecule has 4 aromatic rings. The lowest BCUT2D eigenvalue weighted by Gasteiger charge is -2.39. The second-order valence-corrected chi connectivity index (χ2v) is 9.26. The Balaban J connectivity index is 1.41.